The van der Waals surface area contributed by atoms with Crippen LogP contribution in [0.5, 0.6) is 23.0 Å². The number of hydrogen-bond acceptors (Lipinski definition) is 10. The van der Waals surface area contributed by atoms with Crippen molar-refractivity contribution in [3.63, 3.8) is 0 Å². The van der Waals surface area contributed by atoms with Gasteiger partial charge in [0.05, 0.1) is 41.1 Å². The van der Waals surface area contributed by atoms with Crippen LogP contribution in [0.1, 0.15) is 45.6 Å². The third-order valence-electron chi connectivity index (χ3n) is 8.14. The lowest BCUT2D eigenvalue weighted by molar-refractivity contribution is -0.138. The van der Waals surface area contributed by atoms with E-state index in [0.717, 1.165) is 0 Å². The van der Waals surface area contributed by atoms with Crippen molar-refractivity contribution in [2.75, 3.05) is 20.5 Å². The average molecular weight is 691 g/mol. The molecule has 0 unspecified atom stereocenters. The lowest BCUT2D eigenvalue weighted by atomic mass is 9.93. The Balaban J connectivity index is 1.32. The fourth-order valence-corrected chi connectivity index (χ4v) is 6.84. The van der Waals surface area contributed by atoms with E-state index in [2.05, 4.69) is 0 Å². The lowest BCUT2D eigenvalue weighted by Gasteiger charge is -2.26. The number of carboxylic acid groups (broad SMARTS) is 1. The second-order valence-corrected chi connectivity index (χ2v) is 12.3. The first-order chi connectivity index (χ1) is 24.3. The van der Waals surface area contributed by atoms with Crippen molar-refractivity contribution in [1.82, 2.24) is 4.57 Å². The molecule has 1 aromatic heterocycles. The molecule has 0 aliphatic carbocycles. The number of carbonyl (C=O) groups excluding carboxylic acids is 1. The predicted molar refractivity (Wildman–Crippen MR) is 184 cm³/mol. The highest BCUT2D eigenvalue weighted by atomic mass is 32.1. The van der Waals surface area contributed by atoms with E-state index in [1.807, 2.05) is 36.4 Å². The van der Waals surface area contributed by atoms with Gasteiger partial charge < -0.3 is 28.8 Å². The molecule has 0 spiro atoms. The van der Waals surface area contributed by atoms with Gasteiger partial charge in [0.25, 0.3) is 5.56 Å². The number of aromatic carboxylic acids is 1. The summed E-state index contributed by atoms with van der Waals surface area (Å²) < 4.78 is 30.2. The minimum atomic E-state index is -1.02. The van der Waals surface area contributed by atoms with Crippen LogP contribution in [0.2, 0.25) is 0 Å². The van der Waals surface area contributed by atoms with E-state index < -0.39 is 18.0 Å². The molecule has 11 nitrogen and oxygen atoms in total. The normalized spacial score (nSPS) is 14.9. The van der Waals surface area contributed by atoms with Crippen molar-refractivity contribution >= 4 is 35.0 Å². The molecule has 2 aliphatic heterocycles. The van der Waals surface area contributed by atoms with E-state index in [0.29, 0.717) is 60.3 Å². The Bertz CT molecular complexity index is 2340. The number of benzene rings is 4. The van der Waals surface area contributed by atoms with Crippen molar-refractivity contribution in [2.45, 2.75) is 19.6 Å². The summed E-state index contributed by atoms with van der Waals surface area (Å²) >= 11 is 1.20. The van der Waals surface area contributed by atoms with Crippen LogP contribution in [0.3, 0.4) is 0 Å². The Morgan fingerprint density at radius 2 is 1.80 bits per heavy atom. The Hall–Kier alpha value is -6.14. The molecule has 4 aromatic carbocycles. The lowest BCUT2D eigenvalue weighted by Crippen LogP contribution is -2.40. The van der Waals surface area contributed by atoms with Crippen LogP contribution in [-0.4, -0.2) is 42.1 Å². The van der Waals surface area contributed by atoms with Crippen molar-refractivity contribution in [3.05, 3.63) is 144 Å². The van der Waals surface area contributed by atoms with E-state index in [1.165, 1.54) is 29.1 Å². The van der Waals surface area contributed by atoms with Crippen molar-refractivity contribution in [3.8, 4) is 23.0 Å². The Morgan fingerprint density at radius 1 is 0.980 bits per heavy atom. The molecule has 2 aliphatic rings. The van der Waals surface area contributed by atoms with Gasteiger partial charge in [0.15, 0.2) is 27.8 Å². The first-order valence-electron chi connectivity index (χ1n) is 15.7. The monoisotopic (exact) mass is 690 g/mol. The number of methoxy groups -OCH3 is 1. The zero-order valence-corrected chi connectivity index (χ0v) is 27.8. The number of fused-ring (bicyclic) bond motifs is 2. The molecule has 1 atom stereocenters. The fraction of sp³-hybridized carbons (Fsp3) is 0.158. The number of ether oxygens (including phenoxy) is 5. The van der Waals surface area contributed by atoms with Crippen LogP contribution < -0.4 is 33.8 Å². The van der Waals surface area contributed by atoms with Gasteiger partial charge in [-0.15, -0.1) is 0 Å². The summed E-state index contributed by atoms with van der Waals surface area (Å²) in [5.74, 6) is 0.351. The molecule has 252 valence electrons. The summed E-state index contributed by atoms with van der Waals surface area (Å²) in [6, 6.07) is 25.6. The quantitative estimate of drug-likeness (QED) is 0.202. The zero-order chi connectivity index (χ0) is 34.8. The van der Waals surface area contributed by atoms with Crippen molar-refractivity contribution in [2.24, 2.45) is 4.99 Å². The number of esters is 1. The van der Waals surface area contributed by atoms with E-state index in [4.69, 9.17) is 28.7 Å². The summed E-state index contributed by atoms with van der Waals surface area (Å²) in [6.45, 7) is 2.07. The summed E-state index contributed by atoms with van der Waals surface area (Å²) in [7, 11) is 1.51. The smallest absolute Gasteiger partial charge is 0.338 e. The summed E-state index contributed by atoms with van der Waals surface area (Å²) in [4.78, 5) is 44.7. The van der Waals surface area contributed by atoms with Gasteiger partial charge in [-0.2, -0.15) is 0 Å². The van der Waals surface area contributed by atoms with E-state index >= 15 is 0 Å². The number of nitrogens with zero attached hydrogens (tertiary/aromatic N) is 2. The summed E-state index contributed by atoms with van der Waals surface area (Å²) in [5, 5.41) is 9.31. The zero-order valence-electron chi connectivity index (χ0n) is 27.0. The summed E-state index contributed by atoms with van der Waals surface area (Å²) in [6.07, 6.45) is 1.74. The molecule has 3 heterocycles. The third kappa shape index (κ3) is 6.24. The number of rotatable bonds is 10. The van der Waals surface area contributed by atoms with Gasteiger partial charge in [0, 0.05) is 5.56 Å². The van der Waals surface area contributed by atoms with Gasteiger partial charge >= 0.3 is 11.9 Å². The second-order valence-electron chi connectivity index (χ2n) is 11.2. The average Bonchev–Trinajstić information content (AvgIpc) is 3.74. The number of carboxylic acids is 1. The molecule has 0 saturated heterocycles. The van der Waals surface area contributed by atoms with Crippen LogP contribution in [0.15, 0.2) is 106 Å². The Kier molecular flexibility index (Phi) is 8.92. The predicted octanol–water partition coefficient (Wildman–Crippen LogP) is 4.95. The minimum absolute atomic E-state index is 0.0720. The molecule has 0 saturated carbocycles. The largest absolute Gasteiger partial charge is 0.493 e. The molecular weight excluding hydrogens is 660 g/mol. The fourth-order valence-electron chi connectivity index (χ4n) is 5.84. The number of aromatic nitrogens is 1. The van der Waals surface area contributed by atoms with Crippen molar-refractivity contribution < 1.29 is 38.4 Å². The van der Waals surface area contributed by atoms with Gasteiger partial charge in [-0.25, -0.2) is 14.6 Å². The van der Waals surface area contributed by atoms with E-state index in [1.54, 1.807) is 61.5 Å². The maximum atomic E-state index is 14.3. The molecule has 7 rings (SSSR count). The van der Waals surface area contributed by atoms with Crippen LogP contribution in [0, 0.1) is 0 Å². The van der Waals surface area contributed by atoms with E-state index in [9.17, 15) is 19.5 Å². The molecule has 1 N–H and O–H groups in total. The molecular formula is C38H30N2O9S. The summed E-state index contributed by atoms with van der Waals surface area (Å²) in [5.41, 5.74) is 3.15. The molecule has 0 fully saturated rings. The number of thiazole rings is 1. The first-order valence-corrected chi connectivity index (χ1v) is 16.5. The van der Waals surface area contributed by atoms with Gasteiger partial charge in [-0.05, 0) is 66.1 Å². The highest BCUT2D eigenvalue weighted by molar-refractivity contribution is 7.07. The molecule has 5 aromatic rings. The van der Waals surface area contributed by atoms with Gasteiger partial charge in [0.2, 0.25) is 6.79 Å². The van der Waals surface area contributed by atoms with Gasteiger partial charge in [0.1, 0.15) is 6.61 Å². The highest BCUT2D eigenvalue weighted by Crippen LogP contribution is 2.40. The molecule has 0 bridgehead atoms. The van der Waals surface area contributed by atoms with Crippen molar-refractivity contribution in [1.29, 1.82) is 0 Å². The maximum absolute atomic E-state index is 14.3. The SMILES string of the molecule is CCOC(=O)C1=C(c2ccccc2)N=c2s/c(=C\c3ccc(OCc4cccc(C(=O)O)c4)c(OC)c3)c(=O)n2[C@@H]1c1ccc2c(c1)OCO2. The molecule has 50 heavy (non-hydrogen) atoms. The molecule has 0 amide bonds. The van der Waals surface area contributed by atoms with Crippen LogP contribution in [0.25, 0.3) is 11.8 Å². The third-order valence-corrected chi connectivity index (χ3v) is 9.12. The van der Waals surface area contributed by atoms with Gasteiger partial charge in [-0.1, -0.05) is 65.9 Å². The topological polar surface area (TPSA) is 135 Å². The number of hydrogen-bond donors (Lipinski definition) is 1. The first kappa shape index (κ1) is 32.4. The maximum Gasteiger partial charge on any atom is 0.338 e. The Labute approximate surface area is 289 Å². The second kappa shape index (κ2) is 13.8. The minimum Gasteiger partial charge on any atom is -0.493 e. The molecule has 0 radical (unpaired) electrons. The van der Waals surface area contributed by atoms with Gasteiger partial charge in [-0.3, -0.25) is 9.36 Å². The molecule has 12 heteroatoms. The van der Waals surface area contributed by atoms with Crippen LogP contribution in [0.4, 0.5) is 0 Å². The van der Waals surface area contributed by atoms with Crippen LogP contribution >= 0.6 is 11.3 Å². The highest BCUT2D eigenvalue weighted by Gasteiger charge is 2.36. The standard InChI is InChI=1S/C38H30N2O9S/c1-3-46-37(44)32-33(24-9-5-4-6-10-24)39-38-40(34(32)25-13-15-28-30(19-25)49-21-48-28)35(41)31(50-38)18-22-12-14-27(29(17-22)45-2)47-20-23-8-7-11-26(16-23)36(42)43/h4-19,34H,3,20-21H2,1-2H3,(H,42,43)/b31-18-/t34-/m1/s1. The Morgan fingerprint density at radius 3 is 2.58 bits per heavy atom. The van der Waals surface area contributed by atoms with E-state index in [-0.39, 0.29) is 36.7 Å². The number of carbonyl (C=O) groups is 2. The van der Waals surface area contributed by atoms with Crippen LogP contribution in [-0.2, 0) is 16.1 Å².